The maximum absolute atomic E-state index is 12.0. The SMILES string of the molecule is CC1(C)OC[C@H](NC(=O)C=CF)[C@H](c2ccccc2)O1. The smallest absolute Gasteiger partial charge is 0.246 e. The van der Waals surface area contributed by atoms with E-state index in [2.05, 4.69) is 5.32 Å². The van der Waals surface area contributed by atoms with Crippen LogP contribution in [0.4, 0.5) is 4.39 Å². The van der Waals surface area contributed by atoms with Crippen LogP contribution in [0.2, 0.25) is 0 Å². The highest BCUT2D eigenvalue weighted by Gasteiger charge is 2.37. The molecule has 2 rings (SSSR count). The molecule has 1 amide bonds. The summed E-state index contributed by atoms with van der Waals surface area (Å²) < 4.78 is 23.5. The molecule has 20 heavy (non-hydrogen) atoms. The maximum Gasteiger partial charge on any atom is 0.246 e. The summed E-state index contributed by atoms with van der Waals surface area (Å²) in [7, 11) is 0. The molecular formula is C15H18FNO3. The maximum atomic E-state index is 12.0. The molecule has 1 saturated heterocycles. The van der Waals surface area contributed by atoms with Crippen molar-refractivity contribution in [3.05, 3.63) is 48.3 Å². The van der Waals surface area contributed by atoms with Gasteiger partial charge in [0.15, 0.2) is 5.79 Å². The van der Waals surface area contributed by atoms with Gasteiger partial charge in [-0.25, -0.2) is 4.39 Å². The number of hydrogen-bond acceptors (Lipinski definition) is 3. The first-order chi connectivity index (χ1) is 9.52. The van der Waals surface area contributed by atoms with E-state index in [1.807, 2.05) is 44.2 Å². The van der Waals surface area contributed by atoms with E-state index in [-0.39, 0.29) is 18.5 Å². The number of rotatable bonds is 3. The Kier molecular flexibility index (Phi) is 4.52. The average Bonchev–Trinajstić information content (AvgIpc) is 2.42. The second-order valence-corrected chi connectivity index (χ2v) is 5.07. The van der Waals surface area contributed by atoms with Crippen molar-refractivity contribution in [3.8, 4) is 0 Å². The van der Waals surface area contributed by atoms with Crippen LogP contribution in [0.1, 0.15) is 25.5 Å². The zero-order chi connectivity index (χ0) is 14.6. The molecule has 108 valence electrons. The van der Waals surface area contributed by atoms with Crippen molar-refractivity contribution in [2.75, 3.05) is 6.61 Å². The Balaban J connectivity index is 2.18. The van der Waals surface area contributed by atoms with Crippen LogP contribution in [0.5, 0.6) is 0 Å². The van der Waals surface area contributed by atoms with E-state index in [1.165, 1.54) is 0 Å². The van der Waals surface area contributed by atoms with Gasteiger partial charge in [0.05, 0.1) is 19.0 Å². The Bertz CT molecular complexity index is 487. The van der Waals surface area contributed by atoms with E-state index in [1.54, 1.807) is 0 Å². The molecule has 0 spiro atoms. The van der Waals surface area contributed by atoms with Gasteiger partial charge in [0.25, 0.3) is 0 Å². The fourth-order valence-corrected chi connectivity index (χ4v) is 2.15. The van der Waals surface area contributed by atoms with Crippen molar-refractivity contribution in [1.82, 2.24) is 5.32 Å². The van der Waals surface area contributed by atoms with E-state index in [4.69, 9.17) is 9.47 Å². The number of carbonyl (C=O) groups excluding carboxylic acids is 1. The summed E-state index contributed by atoms with van der Waals surface area (Å²) in [6, 6.07) is 9.21. The lowest BCUT2D eigenvalue weighted by molar-refractivity contribution is -0.284. The Labute approximate surface area is 117 Å². The van der Waals surface area contributed by atoms with Crippen LogP contribution in [0.25, 0.3) is 0 Å². The van der Waals surface area contributed by atoms with E-state index < -0.39 is 11.7 Å². The number of carbonyl (C=O) groups is 1. The van der Waals surface area contributed by atoms with Gasteiger partial charge in [-0.15, -0.1) is 0 Å². The lowest BCUT2D eigenvalue weighted by atomic mass is 10.0. The number of hydrogen-bond donors (Lipinski definition) is 1. The molecule has 5 heteroatoms. The fourth-order valence-electron chi connectivity index (χ4n) is 2.15. The highest BCUT2D eigenvalue weighted by atomic mass is 19.1. The number of amides is 1. The van der Waals surface area contributed by atoms with Gasteiger partial charge in [-0.1, -0.05) is 30.3 Å². The molecule has 1 aromatic carbocycles. The molecule has 1 N–H and O–H groups in total. The van der Waals surface area contributed by atoms with E-state index in [0.717, 1.165) is 11.6 Å². The van der Waals surface area contributed by atoms with Crippen LogP contribution in [-0.4, -0.2) is 24.3 Å². The molecule has 2 atom stereocenters. The largest absolute Gasteiger partial charge is 0.348 e. The standard InChI is InChI=1S/C15H18FNO3/c1-15(2)19-10-12(17-13(18)8-9-16)14(20-15)11-6-4-3-5-7-11/h3-9,12,14H,10H2,1-2H3,(H,17,18)/t12-,14-/m0/s1. The number of halogens is 1. The van der Waals surface area contributed by atoms with E-state index in [9.17, 15) is 9.18 Å². The van der Waals surface area contributed by atoms with Crippen LogP contribution in [0.3, 0.4) is 0 Å². The number of ether oxygens (including phenoxy) is 2. The van der Waals surface area contributed by atoms with Crippen molar-refractivity contribution in [2.45, 2.75) is 31.8 Å². The first-order valence-corrected chi connectivity index (χ1v) is 6.46. The second-order valence-electron chi connectivity index (χ2n) is 5.07. The summed E-state index contributed by atoms with van der Waals surface area (Å²) in [5.74, 6) is -1.23. The highest BCUT2D eigenvalue weighted by Crippen LogP contribution is 2.32. The third-order valence-electron chi connectivity index (χ3n) is 3.06. The summed E-state index contributed by atoms with van der Waals surface area (Å²) in [6.45, 7) is 3.95. The third kappa shape index (κ3) is 3.65. The van der Waals surface area contributed by atoms with Gasteiger partial charge in [-0.05, 0) is 19.4 Å². The molecular weight excluding hydrogens is 261 g/mol. The van der Waals surface area contributed by atoms with E-state index >= 15 is 0 Å². The molecule has 0 saturated carbocycles. The minimum atomic E-state index is -0.725. The molecule has 0 unspecified atom stereocenters. The first-order valence-electron chi connectivity index (χ1n) is 6.46. The van der Waals surface area contributed by atoms with Gasteiger partial charge < -0.3 is 14.8 Å². The highest BCUT2D eigenvalue weighted by molar-refractivity contribution is 5.87. The van der Waals surface area contributed by atoms with Gasteiger partial charge in [0.1, 0.15) is 6.10 Å². The van der Waals surface area contributed by atoms with Gasteiger partial charge in [0.2, 0.25) is 5.91 Å². The fraction of sp³-hybridized carbons (Fsp3) is 0.400. The first kappa shape index (κ1) is 14.7. The van der Waals surface area contributed by atoms with Crippen LogP contribution in [-0.2, 0) is 14.3 Å². The number of benzene rings is 1. The van der Waals surface area contributed by atoms with Crippen LogP contribution in [0, 0.1) is 0 Å². The predicted molar refractivity (Wildman–Crippen MR) is 72.5 cm³/mol. The van der Waals surface area contributed by atoms with Gasteiger partial charge >= 0.3 is 0 Å². The van der Waals surface area contributed by atoms with Crippen molar-refractivity contribution in [2.24, 2.45) is 0 Å². The molecule has 1 fully saturated rings. The van der Waals surface area contributed by atoms with Gasteiger partial charge in [-0.2, -0.15) is 0 Å². The zero-order valence-corrected chi connectivity index (χ0v) is 11.5. The third-order valence-corrected chi connectivity index (χ3v) is 3.06. The van der Waals surface area contributed by atoms with Gasteiger partial charge in [0, 0.05) is 6.08 Å². The average molecular weight is 279 g/mol. The van der Waals surface area contributed by atoms with Crippen molar-refractivity contribution >= 4 is 5.91 Å². The zero-order valence-electron chi connectivity index (χ0n) is 11.5. The molecule has 0 aromatic heterocycles. The summed E-state index contributed by atoms with van der Waals surface area (Å²) in [4.78, 5) is 11.5. The van der Waals surface area contributed by atoms with Crippen LogP contribution in [0.15, 0.2) is 42.7 Å². The normalized spacial score (nSPS) is 25.6. The minimum absolute atomic E-state index is 0.210. The molecule has 0 bridgehead atoms. The van der Waals surface area contributed by atoms with E-state index in [0.29, 0.717) is 6.61 Å². The summed E-state index contributed by atoms with van der Waals surface area (Å²) >= 11 is 0. The lowest BCUT2D eigenvalue weighted by Crippen LogP contribution is -2.51. The molecule has 0 aliphatic carbocycles. The molecule has 4 nitrogen and oxygen atoms in total. The van der Waals surface area contributed by atoms with Crippen molar-refractivity contribution in [3.63, 3.8) is 0 Å². The molecule has 1 aromatic rings. The van der Waals surface area contributed by atoms with Crippen molar-refractivity contribution in [1.29, 1.82) is 0 Å². The Morgan fingerprint density at radius 1 is 1.40 bits per heavy atom. The summed E-state index contributed by atoms with van der Waals surface area (Å²) in [5.41, 5.74) is 0.943. The molecule has 1 heterocycles. The van der Waals surface area contributed by atoms with Gasteiger partial charge in [-0.3, -0.25) is 4.79 Å². The molecule has 1 aliphatic rings. The Hall–Kier alpha value is -1.72. The Morgan fingerprint density at radius 3 is 2.75 bits per heavy atom. The second kappa shape index (κ2) is 6.15. The summed E-state index contributed by atoms with van der Waals surface area (Å²) in [5, 5.41) is 2.69. The van der Waals surface area contributed by atoms with Crippen molar-refractivity contribution < 1.29 is 18.7 Å². The molecule has 0 radical (unpaired) electrons. The lowest BCUT2D eigenvalue weighted by Gasteiger charge is -2.41. The summed E-state index contributed by atoms with van der Waals surface area (Å²) in [6.07, 6.45) is 0.709. The predicted octanol–water partition coefficient (Wildman–Crippen LogP) is 2.48. The number of nitrogens with one attached hydrogen (secondary N) is 1. The molecule has 1 aliphatic heterocycles. The van der Waals surface area contributed by atoms with Crippen LogP contribution >= 0.6 is 0 Å². The minimum Gasteiger partial charge on any atom is -0.348 e. The van der Waals surface area contributed by atoms with Crippen LogP contribution < -0.4 is 5.32 Å². The quantitative estimate of drug-likeness (QED) is 0.865. The monoisotopic (exact) mass is 279 g/mol. The Morgan fingerprint density at radius 2 is 2.10 bits per heavy atom. The topological polar surface area (TPSA) is 47.6 Å².